The lowest BCUT2D eigenvalue weighted by molar-refractivity contribution is -0.139. The van der Waals surface area contributed by atoms with Crippen molar-refractivity contribution in [1.29, 1.82) is 0 Å². The number of aliphatic carboxylic acids is 1. The summed E-state index contributed by atoms with van der Waals surface area (Å²) < 4.78 is 0. The molecule has 0 aliphatic heterocycles. The van der Waals surface area contributed by atoms with Crippen LogP contribution >= 0.6 is 11.8 Å². The topological polar surface area (TPSA) is 82.2 Å². The number of hydrogen-bond acceptors (Lipinski definition) is 3. The lowest BCUT2D eigenvalue weighted by Gasteiger charge is -2.13. The minimum absolute atomic E-state index is 0.365. The molecule has 0 aliphatic carbocycles. The van der Waals surface area contributed by atoms with Crippen LogP contribution in [0.5, 0.6) is 0 Å². The number of rotatable bonds is 6. The maximum absolute atomic E-state index is 12.2. The van der Waals surface area contributed by atoms with Crippen molar-refractivity contribution >= 4 is 34.5 Å². The van der Waals surface area contributed by atoms with Crippen LogP contribution in [0.15, 0.2) is 30.5 Å². The van der Waals surface area contributed by atoms with Gasteiger partial charge in [-0.15, -0.1) is 0 Å². The fourth-order valence-electron chi connectivity index (χ4n) is 1.99. The molecule has 1 heterocycles. The Labute approximate surface area is 120 Å². The predicted octanol–water partition coefficient (Wildman–Crippen LogP) is 2.10. The summed E-state index contributed by atoms with van der Waals surface area (Å²) in [6.45, 7) is 0. The number of fused-ring (bicyclic) bond motifs is 1. The molecule has 1 aromatic heterocycles. The molecule has 0 bridgehead atoms. The number of carbonyl (C=O) groups excluding carboxylic acids is 1. The van der Waals surface area contributed by atoms with Crippen LogP contribution in [-0.2, 0) is 4.79 Å². The van der Waals surface area contributed by atoms with Crippen LogP contribution in [0.1, 0.15) is 16.8 Å². The second-order valence-electron chi connectivity index (χ2n) is 4.39. The molecule has 0 spiro atoms. The monoisotopic (exact) mass is 292 g/mol. The second-order valence-corrected chi connectivity index (χ2v) is 5.38. The summed E-state index contributed by atoms with van der Waals surface area (Å²) in [5.74, 6) is -0.686. The molecular weight excluding hydrogens is 276 g/mol. The molecule has 0 saturated heterocycles. The highest BCUT2D eigenvalue weighted by atomic mass is 32.2. The zero-order valence-corrected chi connectivity index (χ0v) is 11.9. The average molecular weight is 292 g/mol. The number of carboxylic acid groups (broad SMARTS) is 1. The van der Waals surface area contributed by atoms with Gasteiger partial charge in [0.2, 0.25) is 0 Å². The van der Waals surface area contributed by atoms with Crippen molar-refractivity contribution in [3.63, 3.8) is 0 Å². The van der Waals surface area contributed by atoms with E-state index in [0.29, 0.717) is 17.7 Å². The Hall–Kier alpha value is -1.95. The fourth-order valence-corrected chi connectivity index (χ4v) is 2.46. The quantitative estimate of drug-likeness (QED) is 0.761. The van der Waals surface area contributed by atoms with E-state index in [2.05, 4.69) is 10.3 Å². The fraction of sp³-hybridized carbons (Fsp3) is 0.286. The molecule has 0 unspecified atom stereocenters. The first-order chi connectivity index (χ1) is 9.63. The van der Waals surface area contributed by atoms with Gasteiger partial charge in [-0.3, -0.25) is 4.79 Å². The molecule has 2 aromatic rings. The summed E-state index contributed by atoms with van der Waals surface area (Å²) in [7, 11) is 0. The minimum atomic E-state index is -1.01. The third-order valence-electron chi connectivity index (χ3n) is 3.05. The molecule has 0 aliphatic rings. The van der Waals surface area contributed by atoms with Crippen LogP contribution < -0.4 is 5.32 Å². The van der Waals surface area contributed by atoms with E-state index in [1.807, 2.05) is 30.5 Å². The number of benzene rings is 1. The number of para-hydroxylation sites is 1. The van der Waals surface area contributed by atoms with E-state index in [0.717, 1.165) is 10.9 Å². The van der Waals surface area contributed by atoms with Crippen molar-refractivity contribution in [1.82, 2.24) is 10.3 Å². The molecule has 106 valence electrons. The van der Waals surface area contributed by atoms with Crippen LogP contribution in [0.4, 0.5) is 0 Å². The lowest BCUT2D eigenvalue weighted by atomic mass is 10.1. The zero-order chi connectivity index (χ0) is 14.5. The van der Waals surface area contributed by atoms with E-state index in [1.165, 1.54) is 0 Å². The van der Waals surface area contributed by atoms with Crippen molar-refractivity contribution in [2.75, 3.05) is 12.0 Å². The number of carboxylic acids is 1. The SMILES string of the molecule is CSCC[C@@H](NC(=O)c1c[nH]c2ccccc12)C(=O)O. The van der Waals surface area contributed by atoms with Gasteiger partial charge in [0.05, 0.1) is 5.56 Å². The van der Waals surface area contributed by atoms with Crippen LogP contribution in [0, 0.1) is 0 Å². The van der Waals surface area contributed by atoms with E-state index < -0.39 is 12.0 Å². The van der Waals surface area contributed by atoms with Gasteiger partial charge in [0.25, 0.3) is 5.91 Å². The Morgan fingerprint density at radius 2 is 2.15 bits per heavy atom. The van der Waals surface area contributed by atoms with E-state index in [-0.39, 0.29) is 5.91 Å². The largest absolute Gasteiger partial charge is 0.480 e. The van der Waals surface area contributed by atoms with Crippen molar-refractivity contribution in [2.45, 2.75) is 12.5 Å². The minimum Gasteiger partial charge on any atom is -0.480 e. The molecule has 0 fully saturated rings. The predicted molar refractivity (Wildman–Crippen MR) is 80.2 cm³/mol. The van der Waals surface area contributed by atoms with Gasteiger partial charge < -0.3 is 15.4 Å². The molecule has 1 amide bonds. The summed E-state index contributed by atoms with van der Waals surface area (Å²) in [5.41, 5.74) is 1.32. The number of hydrogen-bond donors (Lipinski definition) is 3. The molecule has 6 heteroatoms. The second kappa shape index (κ2) is 6.47. The highest BCUT2D eigenvalue weighted by molar-refractivity contribution is 7.98. The third-order valence-corrected chi connectivity index (χ3v) is 3.69. The summed E-state index contributed by atoms with van der Waals surface area (Å²) >= 11 is 1.55. The number of H-pyrrole nitrogens is 1. The molecular formula is C14H16N2O3S. The average Bonchev–Trinajstić information content (AvgIpc) is 2.87. The van der Waals surface area contributed by atoms with Gasteiger partial charge in [-0.05, 0) is 24.5 Å². The van der Waals surface area contributed by atoms with E-state index >= 15 is 0 Å². The first kappa shape index (κ1) is 14.5. The molecule has 20 heavy (non-hydrogen) atoms. The number of nitrogens with one attached hydrogen (secondary N) is 2. The third kappa shape index (κ3) is 3.14. The standard InChI is InChI=1S/C14H16N2O3S/c1-20-7-6-12(14(18)19)16-13(17)10-8-15-11-5-3-2-4-9(10)11/h2-5,8,12,15H,6-7H2,1H3,(H,16,17)(H,18,19)/t12-/m1/s1. The maximum Gasteiger partial charge on any atom is 0.326 e. The Morgan fingerprint density at radius 1 is 1.40 bits per heavy atom. The Bertz CT molecular complexity index is 624. The van der Waals surface area contributed by atoms with Gasteiger partial charge >= 0.3 is 5.97 Å². The van der Waals surface area contributed by atoms with Crippen LogP contribution in [-0.4, -0.2) is 40.0 Å². The van der Waals surface area contributed by atoms with Crippen LogP contribution in [0.2, 0.25) is 0 Å². The Kier molecular flexibility index (Phi) is 4.68. The van der Waals surface area contributed by atoms with Gasteiger partial charge in [-0.1, -0.05) is 18.2 Å². The normalized spacial score (nSPS) is 12.2. The van der Waals surface area contributed by atoms with Crippen molar-refractivity contribution in [3.05, 3.63) is 36.0 Å². The highest BCUT2D eigenvalue weighted by Crippen LogP contribution is 2.17. The van der Waals surface area contributed by atoms with Crippen LogP contribution in [0.3, 0.4) is 0 Å². The number of aromatic nitrogens is 1. The first-order valence-electron chi connectivity index (χ1n) is 6.22. The van der Waals surface area contributed by atoms with Crippen LogP contribution in [0.25, 0.3) is 10.9 Å². The lowest BCUT2D eigenvalue weighted by Crippen LogP contribution is -2.41. The van der Waals surface area contributed by atoms with E-state index in [1.54, 1.807) is 18.0 Å². The highest BCUT2D eigenvalue weighted by Gasteiger charge is 2.21. The Morgan fingerprint density at radius 3 is 2.85 bits per heavy atom. The molecule has 0 saturated carbocycles. The number of thioether (sulfide) groups is 1. The van der Waals surface area contributed by atoms with Gasteiger partial charge in [-0.25, -0.2) is 4.79 Å². The van der Waals surface area contributed by atoms with E-state index in [9.17, 15) is 9.59 Å². The molecule has 3 N–H and O–H groups in total. The number of aromatic amines is 1. The molecule has 5 nitrogen and oxygen atoms in total. The van der Waals surface area contributed by atoms with Gasteiger partial charge in [-0.2, -0.15) is 11.8 Å². The van der Waals surface area contributed by atoms with Gasteiger partial charge in [0.15, 0.2) is 0 Å². The summed E-state index contributed by atoms with van der Waals surface area (Å²) in [6.07, 6.45) is 3.92. The maximum atomic E-state index is 12.2. The molecule has 1 atom stereocenters. The molecule has 1 aromatic carbocycles. The Balaban J connectivity index is 2.16. The van der Waals surface area contributed by atoms with Crippen molar-refractivity contribution < 1.29 is 14.7 Å². The van der Waals surface area contributed by atoms with Gasteiger partial charge in [0.1, 0.15) is 6.04 Å². The number of carbonyl (C=O) groups is 2. The summed E-state index contributed by atoms with van der Waals surface area (Å²) in [6, 6.07) is 6.56. The van der Waals surface area contributed by atoms with Crippen molar-refractivity contribution in [2.24, 2.45) is 0 Å². The summed E-state index contributed by atoms with van der Waals surface area (Å²) in [5, 5.41) is 12.5. The zero-order valence-electron chi connectivity index (χ0n) is 11.1. The van der Waals surface area contributed by atoms with Gasteiger partial charge in [0, 0.05) is 17.1 Å². The molecule has 2 rings (SSSR count). The number of amides is 1. The summed E-state index contributed by atoms with van der Waals surface area (Å²) in [4.78, 5) is 26.3. The van der Waals surface area contributed by atoms with E-state index in [4.69, 9.17) is 5.11 Å². The van der Waals surface area contributed by atoms with Crippen molar-refractivity contribution in [3.8, 4) is 0 Å². The molecule has 0 radical (unpaired) electrons. The first-order valence-corrected chi connectivity index (χ1v) is 7.61. The smallest absolute Gasteiger partial charge is 0.326 e.